The zero-order valence-electron chi connectivity index (χ0n) is 10.2. The second-order valence-corrected chi connectivity index (χ2v) is 6.35. The van der Waals surface area contributed by atoms with E-state index in [2.05, 4.69) is 66.4 Å². The number of rotatable bonds is 1. The topological polar surface area (TPSA) is 0 Å². The highest BCUT2D eigenvalue weighted by atomic mass is 31.0. The molecule has 0 fully saturated rings. The average molecular weight is 230 g/mol. The molecule has 0 aliphatic carbocycles. The van der Waals surface area contributed by atoms with Crippen molar-refractivity contribution in [1.29, 1.82) is 0 Å². The fourth-order valence-corrected chi connectivity index (χ4v) is 2.31. The molecule has 84 valence electrons. The van der Waals surface area contributed by atoms with E-state index in [-0.39, 0.29) is 0 Å². The molecule has 0 aliphatic heterocycles. The highest BCUT2D eigenvalue weighted by molar-refractivity contribution is 7.27. The van der Waals surface area contributed by atoms with E-state index in [1.807, 2.05) is 0 Å². The molecule has 2 rings (SSSR count). The number of hydrogen-bond acceptors (Lipinski definition) is 0. The second-order valence-electron chi connectivity index (χ2n) is 5.68. The van der Waals surface area contributed by atoms with Crippen molar-refractivity contribution >= 4 is 25.3 Å². The lowest BCUT2D eigenvalue weighted by Crippen LogP contribution is -2.08. The smallest absolute Gasteiger partial charge is 0.0178 e. The van der Waals surface area contributed by atoms with E-state index >= 15 is 0 Å². The lowest BCUT2D eigenvalue weighted by Gasteiger charge is -2.18. The molecule has 2 aromatic rings. The van der Waals surface area contributed by atoms with Gasteiger partial charge in [-0.15, -0.1) is 9.24 Å². The maximum Gasteiger partial charge on any atom is -0.0178 e. The van der Waals surface area contributed by atoms with Gasteiger partial charge in [0, 0.05) is 0 Å². The molecule has 0 nitrogen and oxygen atoms in total. The molecule has 0 aromatic heterocycles. The van der Waals surface area contributed by atoms with E-state index in [0.717, 1.165) is 6.42 Å². The van der Waals surface area contributed by atoms with Gasteiger partial charge in [0.05, 0.1) is 0 Å². The summed E-state index contributed by atoms with van der Waals surface area (Å²) >= 11 is 0. The summed E-state index contributed by atoms with van der Waals surface area (Å²) in [4.78, 5) is 0. The SMILES string of the molecule is CC(C)(C)Cc1ccc2cc(P)ccc2c1. The van der Waals surface area contributed by atoms with Gasteiger partial charge in [-0.25, -0.2) is 0 Å². The summed E-state index contributed by atoms with van der Waals surface area (Å²) in [5.41, 5.74) is 1.78. The first kappa shape index (κ1) is 11.6. The molecule has 0 bridgehead atoms. The van der Waals surface area contributed by atoms with E-state index in [0.29, 0.717) is 5.41 Å². The van der Waals surface area contributed by atoms with E-state index in [1.165, 1.54) is 21.6 Å². The minimum atomic E-state index is 0.355. The van der Waals surface area contributed by atoms with Crippen LogP contribution >= 0.6 is 9.24 Å². The van der Waals surface area contributed by atoms with Crippen LogP contribution in [0.5, 0.6) is 0 Å². The average Bonchev–Trinajstić information content (AvgIpc) is 2.16. The first-order valence-electron chi connectivity index (χ1n) is 5.72. The molecular weight excluding hydrogens is 211 g/mol. The highest BCUT2D eigenvalue weighted by Gasteiger charge is 2.11. The van der Waals surface area contributed by atoms with Crippen LogP contribution in [0.25, 0.3) is 10.8 Å². The fraction of sp³-hybridized carbons (Fsp3) is 0.333. The third-order valence-corrected chi connectivity index (χ3v) is 3.02. The Bertz CT molecular complexity index is 506. The maximum atomic E-state index is 2.75. The van der Waals surface area contributed by atoms with Crippen LogP contribution in [0.4, 0.5) is 0 Å². The van der Waals surface area contributed by atoms with E-state index < -0.39 is 0 Å². The molecule has 0 spiro atoms. The number of fused-ring (bicyclic) bond motifs is 1. The van der Waals surface area contributed by atoms with Gasteiger partial charge in [-0.2, -0.15) is 0 Å². The molecule has 1 unspecified atom stereocenters. The van der Waals surface area contributed by atoms with Gasteiger partial charge in [0.15, 0.2) is 0 Å². The first-order valence-corrected chi connectivity index (χ1v) is 6.30. The molecule has 2 aromatic carbocycles. The molecule has 0 saturated carbocycles. The highest BCUT2D eigenvalue weighted by Crippen LogP contribution is 2.23. The molecule has 1 atom stereocenters. The standard InChI is InChI=1S/C15H19P/c1-15(2,3)10-11-4-5-13-9-14(16)7-6-12(13)8-11/h4-9H,10,16H2,1-3H3. The van der Waals surface area contributed by atoms with Gasteiger partial charge >= 0.3 is 0 Å². The third kappa shape index (κ3) is 2.83. The predicted octanol–water partition coefficient (Wildman–Crippen LogP) is 3.93. The summed E-state index contributed by atoms with van der Waals surface area (Å²) < 4.78 is 0. The molecule has 0 saturated heterocycles. The largest absolute Gasteiger partial charge is 0.106 e. The molecule has 0 amide bonds. The summed E-state index contributed by atoms with van der Waals surface area (Å²) in [7, 11) is 2.75. The van der Waals surface area contributed by atoms with Gasteiger partial charge in [-0.05, 0) is 39.5 Å². The molecule has 0 heterocycles. The minimum Gasteiger partial charge on any atom is -0.106 e. The van der Waals surface area contributed by atoms with Crippen molar-refractivity contribution in [3.8, 4) is 0 Å². The summed E-state index contributed by atoms with van der Waals surface area (Å²) in [6, 6.07) is 13.3. The van der Waals surface area contributed by atoms with Gasteiger partial charge in [0.1, 0.15) is 0 Å². The summed E-state index contributed by atoms with van der Waals surface area (Å²) in [6.45, 7) is 6.84. The Hall–Kier alpha value is -0.870. The van der Waals surface area contributed by atoms with Gasteiger partial charge in [-0.3, -0.25) is 0 Å². The molecule has 16 heavy (non-hydrogen) atoms. The Morgan fingerprint density at radius 2 is 1.56 bits per heavy atom. The van der Waals surface area contributed by atoms with Crippen molar-refractivity contribution < 1.29 is 0 Å². The summed E-state index contributed by atoms with van der Waals surface area (Å²) in [6.07, 6.45) is 1.13. The quantitative estimate of drug-likeness (QED) is 0.651. The van der Waals surface area contributed by atoms with E-state index in [9.17, 15) is 0 Å². The van der Waals surface area contributed by atoms with Crippen LogP contribution in [0.1, 0.15) is 26.3 Å². The van der Waals surface area contributed by atoms with Gasteiger partial charge in [-0.1, -0.05) is 51.1 Å². The molecule has 0 N–H and O–H groups in total. The number of hydrogen-bond donors (Lipinski definition) is 0. The fourth-order valence-electron chi connectivity index (χ4n) is 2.04. The van der Waals surface area contributed by atoms with Crippen molar-refractivity contribution in [3.63, 3.8) is 0 Å². The van der Waals surface area contributed by atoms with Crippen molar-refractivity contribution in [3.05, 3.63) is 42.0 Å². The van der Waals surface area contributed by atoms with Crippen molar-refractivity contribution in [2.24, 2.45) is 5.41 Å². The monoisotopic (exact) mass is 230 g/mol. The van der Waals surface area contributed by atoms with Crippen LogP contribution in [0.15, 0.2) is 36.4 Å². The van der Waals surface area contributed by atoms with Gasteiger partial charge in [0.2, 0.25) is 0 Å². The predicted molar refractivity (Wildman–Crippen MR) is 76.5 cm³/mol. The molecule has 0 aliphatic rings. The van der Waals surface area contributed by atoms with E-state index in [1.54, 1.807) is 0 Å². The summed E-state index contributed by atoms with van der Waals surface area (Å²) in [5.74, 6) is 0. The van der Waals surface area contributed by atoms with Crippen LogP contribution in [0, 0.1) is 5.41 Å². The van der Waals surface area contributed by atoms with Crippen LogP contribution in [0.3, 0.4) is 0 Å². The Morgan fingerprint density at radius 1 is 0.938 bits per heavy atom. The maximum absolute atomic E-state index is 2.75. The van der Waals surface area contributed by atoms with Gasteiger partial charge < -0.3 is 0 Å². The van der Waals surface area contributed by atoms with Crippen LogP contribution in [0.2, 0.25) is 0 Å². The van der Waals surface area contributed by atoms with Crippen LogP contribution in [-0.4, -0.2) is 0 Å². The summed E-state index contributed by atoms with van der Waals surface area (Å²) in [5, 5.41) is 3.91. The van der Waals surface area contributed by atoms with E-state index in [4.69, 9.17) is 0 Å². The van der Waals surface area contributed by atoms with Crippen LogP contribution < -0.4 is 5.30 Å². The Labute approximate surface area is 100 Å². The second kappa shape index (κ2) is 4.18. The normalized spacial score (nSPS) is 12.0. The van der Waals surface area contributed by atoms with Crippen molar-refractivity contribution in [2.75, 3.05) is 0 Å². The van der Waals surface area contributed by atoms with Crippen molar-refractivity contribution in [1.82, 2.24) is 0 Å². The molecule has 1 heteroatoms. The molecule has 0 radical (unpaired) electrons. The van der Waals surface area contributed by atoms with Gasteiger partial charge in [0.25, 0.3) is 0 Å². The first-order chi connectivity index (χ1) is 7.44. The minimum absolute atomic E-state index is 0.355. The zero-order chi connectivity index (χ0) is 11.8. The third-order valence-electron chi connectivity index (χ3n) is 2.66. The Kier molecular flexibility index (Phi) is 3.04. The van der Waals surface area contributed by atoms with Crippen molar-refractivity contribution in [2.45, 2.75) is 27.2 Å². The number of benzene rings is 2. The zero-order valence-corrected chi connectivity index (χ0v) is 11.4. The lowest BCUT2D eigenvalue weighted by molar-refractivity contribution is 0.411. The Morgan fingerprint density at radius 3 is 2.25 bits per heavy atom. The lowest BCUT2D eigenvalue weighted by atomic mass is 9.87. The Balaban J connectivity index is 2.41. The molecular formula is C15H19P. The van der Waals surface area contributed by atoms with Crippen LogP contribution in [-0.2, 0) is 6.42 Å².